The molecule has 4 bridgehead atoms. The zero-order chi connectivity index (χ0) is 23.8. The van der Waals surface area contributed by atoms with Crippen molar-refractivity contribution in [2.24, 2.45) is 17.8 Å². The summed E-state index contributed by atoms with van der Waals surface area (Å²) < 4.78 is 8.07. The van der Waals surface area contributed by atoms with E-state index in [0.29, 0.717) is 23.3 Å². The van der Waals surface area contributed by atoms with Gasteiger partial charge in [-0.15, -0.1) is 10.2 Å². The lowest BCUT2D eigenvalue weighted by atomic mass is 9.53. The molecule has 1 amide bonds. The van der Waals surface area contributed by atoms with E-state index in [1.807, 2.05) is 66.1 Å². The Morgan fingerprint density at radius 1 is 1.00 bits per heavy atom. The van der Waals surface area contributed by atoms with Crippen LogP contribution in [0.5, 0.6) is 5.75 Å². The summed E-state index contributed by atoms with van der Waals surface area (Å²) in [4.78, 5) is 13.1. The van der Waals surface area contributed by atoms with Crippen LogP contribution in [0.2, 0.25) is 0 Å². The van der Waals surface area contributed by atoms with Crippen molar-refractivity contribution < 1.29 is 9.53 Å². The fourth-order valence-electron chi connectivity index (χ4n) is 6.91. The van der Waals surface area contributed by atoms with Gasteiger partial charge >= 0.3 is 0 Å². The molecule has 0 aliphatic heterocycles. The Kier molecular flexibility index (Phi) is 6.04. The summed E-state index contributed by atoms with van der Waals surface area (Å²) >= 11 is 1.45. The minimum absolute atomic E-state index is 0.0338. The van der Waals surface area contributed by atoms with Crippen LogP contribution in [-0.2, 0) is 11.4 Å². The minimum Gasteiger partial charge on any atom is -0.485 e. The number of nitrogens with zero attached hydrogens (tertiary/aromatic N) is 3. The minimum atomic E-state index is 0.0338. The first-order valence-electron chi connectivity index (χ1n) is 12.7. The number of benzene rings is 2. The average Bonchev–Trinajstić information content (AvgIpc) is 3.24. The highest BCUT2D eigenvalue weighted by Crippen LogP contribution is 2.55. The molecule has 0 radical (unpaired) electrons. The van der Waals surface area contributed by atoms with Crippen molar-refractivity contribution in [1.82, 2.24) is 20.1 Å². The molecule has 3 aromatic rings. The molecule has 1 N–H and O–H groups in total. The number of hydrogen-bond acceptors (Lipinski definition) is 5. The summed E-state index contributed by atoms with van der Waals surface area (Å²) in [5, 5.41) is 13.1. The van der Waals surface area contributed by atoms with Crippen LogP contribution in [0.4, 0.5) is 0 Å². The van der Waals surface area contributed by atoms with Crippen molar-refractivity contribution in [2.45, 2.75) is 62.8 Å². The van der Waals surface area contributed by atoms with E-state index < -0.39 is 0 Å². The van der Waals surface area contributed by atoms with Gasteiger partial charge in [0.05, 0.1) is 5.75 Å². The van der Waals surface area contributed by atoms with Crippen molar-refractivity contribution in [1.29, 1.82) is 0 Å². The van der Waals surface area contributed by atoms with E-state index in [1.165, 1.54) is 31.0 Å². The van der Waals surface area contributed by atoms with Crippen molar-refractivity contribution in [3.8, 4) is 11.4 Å². The molecule has 1 aromatic heterocycles. The van der Waals surface area contributed by atoms with Crippen molar-refractivity contribution in [3.05, 3.63) is 66.0 Å². The lowest BCUT2D eigenvalue weighted by Crippen LogP contribution is -2.60. The van der Waals surface area contributed by atoms with Gasteiger partial charge < -0.3 is 10.1 Å². The molecule has 0 saturated heterocycles. The van der Waals surface area contributed by atoms with Gasteiger partial charge in [-0.25, -0.2) is 0 Å². The second kappa shape index (κ2) is 9.34. The quantitative estimate of drug-likeness (QED) is 0.434. The molecule has 6 nitrogen and oxygen atoms in total. The number of aromatic nitrogens is 3. The fraction of sp³-hybridized carbons (Fsp3) is 0.464. The molecule has 2 aromatic carbocycles. The van der Waals surface area contributed by atoms with Crippen LogP contribution in [0, 0.1) is 24.7 Å². The molecule has 35 heavy (non-hydrogen) atoms. The van der Waals surface area contributed by atoms with E-state index in [0.717, 1.165) is 54.0 Å². The largest absolute Gasteiger partial charge is 0.485 e. The fourth-order valence-corrected chi connectivity index (χ4v) is 7.68. The molecular formula is C28H32N4O2S. The van der Waals surface area contributed by atoms with Crippen LogP contribution < -0.4 is 10.1 Å². The second-order valence-corrected chi connectivity index (χ2v) is 11.6. The van der Waals surface area contributed by atoms with E-state index in [9.17, 15) is 4.79 Å². The molecule has 182 valence electrons. The van der Waals surface area contributed by atoms with Gasteiger partial charge in [-0.1, -0.05) is 48.2 Å². The van der Waals surface area contributed by atoms with Crippen LogP contribution in [0.3, 0.4) is 0 Å². The Hall–Kier alpha value is -2.80. The number of hydrogen-bond donors (Lipinski definition) is 1. The summed E-state index contributed by atoms with van der Waals surface area (Å²) in [7, 11) is 0. The number of nitrogens with one attached hydrogen (secondary N) is 1. The van der Waals surface area contributed by atoms with Gasteiger partial charge in [0.2, 0.25) is 5.91 Å². The summed E-state index contributed by atoms with van der Waals surface area (Å²) in [6, 6.07) is 18.0. The molecule has 4 aliphatic rings. The molecule has 4 saturated carbocycles. The lowest BCUT2D eigenvalue weighted by Gasteiger charge is -2.56. The third-order valence-corrected chi connectivity index (χ3v) is 8.87. The zero-order valence-corrected chi connectivity index (χ0v) is 21.0. The van der Waals surface area contributed by atoms with Crippen LogP contribution in [0.25, 0.3) is 5.69 Å². The first kappa shape index (κ1) is 22.7. The SMILES string of the molecule is Cc1ccccc1OCc1nnc(SCC(=O)NC23CC4CC(CC(C4)C2)C3)n1-c1ccccc1. The number of carbonyl (C=O) groups is 1. The monoisotopic (exact) mass is 488 g/mol. The number of rotatable bonds is 8. The van der Waals surface area contributed by atoms with Crippen LogP contribution in [-0.4, -0.2) is 32.0 Å². The molecule has 4 fully saturated rings. The lowest BCUT2D eigenvalue weighted by molar-refractivity contribution is -0.124. The van der Waals surface area contributed by atoms with E-state index >= 15 is 0 Å². The van der Waals surface area contributed by atoms with Gasteiger partial charge in [-0.05, 0) is 87.0 Å². The summed E-state index contributed by atoms with van der Waals surface area (Å²) in [6.45, 7) is 2.33. The third-order valence-electron chi connectivity index (χ3n) is 7.94. The predicted octanol–water partition coefficient (Wildman–Crippen LogP) is 5.33. The molecular weight excluding hydrogens is 456 g/mol. The van der Waals surface area contributed by atoms with Gasteiger partial charge in [0, 0.05) is 11.2 Å². The number of thioether (sulfide) groups is 1. The van der Waals surface area contributed by atoms with E-state index in [2.05, 4.69) is 15.5 Å². The average molecular weight is 489 g/mol. The topological polar surface area (TPSA) is 69.0 Å². The number of ether oxygens (including phenoxy) is 1. The molecule has 0 atom stereocenters. The van der Waals surface area contributed by atoms with Gasteiger partial charge in [0.1, 0.15) is 12.4 Å². The zero-order valence-electron chi connectivity index (χ0n) is 20.2. The first-order valence-corrected chi connectivity index (χ1v) is 13.7. The summed E-state index contributed by atoms with van der Waals surface area (Å²) in [5.41, 5.74) is 2.07. The predicted molar refractivity (Wildman–Crippen MR) is 137 cm³/mol. The highest BCUT2D eigenvalue weighted by atomic mass is 32.2. The second-order valence-electron chi connectivity index (χ2n) is 10.7. The Bertz CT molecular complexity index is 1170. The van der Waals surface area contributed by atoms with Crippen LogP contribution in [0.1, 0.15) is 49.9 Å². The van der Waals surface area contributed by atoms with Crippen molar-refractivity contribution in [3.63, 3.8) is 0 Å². The molecule has 0 spiro atoms. The van der Waals surface area contributed by atoms with E-state index in [4.69, 9.17) is 4.74 Å². The van der Waals surface area contributed by atoms with Crippen molar-refractivity contribution >= 4 is 17.7 Å². The molecule has 0 unspecified atom stereocenters. The molecule has 7 heteroatoms. The van der Waals surface area contributed by atoms with Crippen LogP contribution in [0.15, 0.2) is 59.8 Å². The maximum Gasteiger partial charge on any atom is 0.230 e. The van der Waals surface area contributed by atoms with Gasteiger partial charge in [-0.2, -0.15) is 0 Å². The van der Waals surface area contributed by atoms with Crippen LogP contribution >= 0.6 is 11.8 Å². The number of carbonyl (C=O) groups excluding carboxylic acids is 1. The third kappa shape index (κ3) is 4.70. The summed E-state index contributed by atoms with van der Waals surface area (Å²) in [5.74, 6) is 4.43. The number of para-hydroxylation sites is 2. The molecule has 7 rings (SSSR count). The normalized spacial score (nSPS) is 26.6. The van der Waals surface area contributed by atoms with Gasteiger partial charge in [0.25, 0.3) is 0 Å². The van der Waals surface area contributed by atoms with E-state index in [-0.39, 0.29) is 11.4 Å². The van der Waals surface area contributed by atoms with Gasteiger partial charge in [0.15, 0.2) is 11.0 Å². The maximum atomic E-state index is 13.1. The standard InChI is InChI=1S/C28H32N4O2S/c1-19-7-5-6-10-24(19)34-17-25-30-31-27(32(25)23-8-3-2-4-9-23)35-18-26(33)29-28-14-20-11-21(15-28)13-22(12-20)16-28/h2-10,20-22H,11-18H2,1H3,(H,29,33). The molecule has 1 heterocycles. The van der Waals surface area contributed by atoms with E-state index in [1.54, 1.807) is 0 Å². The maximum absolute atomic E-state index is 13.1. The highest BCUT2D eigenvalue weighted by molar-refractivity contribution is 7.99. The smallest absolute Gasteiger partial charge is 0.230 e. The number of amides is 1. The Balaban J connectivity index is 1.16. The Morgan fingerprint density at radius 3 is 2.34 bits per heavy atom. The molecule has 4 aliphatic carbocycles. The Labute approximate surface area is 210 Å². The highest BCUT2D eigenvalue weighted by Gasteiger charge is 2.51. The Morgan fingerprint density at radius 2 is 1.66 bits per heavy atom. The number of aryl methyl sites for hydroxylation is 1. The van der Waals surface area contributed by atoms with Crippen molar-refractivity contribution in [2.75, 3.05) is 5.75 Å². The summed E-state index contributed by atoms with van der Waals surface area (Å²) in [6.07, 6.45) is 7.61. The first-order chi connectivity index (χ1) is 17.1. The van der Waals surface area contributed by atoms with Gasteiger partial charge in [-0.3, -0.25) is 9.36 Å².